The van der Waals surface area contributed by atoms with Crippen molar-refractivity contribution >= 4 is 5.97 Å². The number of hydrogen-bond donors (Lipinski definition) is 2. The van der Waals surface area contributed by atoms with Gasteiger partial charge in [-0.15, -0.1) is 0 Å². The molecule has 3 aliphatic rings. The topological polar surface area (TPSA) is 66.8 Å². The summed E-state index contributed by atoms with van der Waals surface area (Å²) in [5.41, 5.74) is 1.90. The maximum absolute atomic E-state index is 11.3. The van der Waals surface area contributed by atoms with Gasteiger partial charge in [-0.2, -0.15) is 0 Å². The first-order valence-electron chi connectivity index (χ1n) is 9.11. The third kappa shape index (κ3) is 2.84. The summed E-state index contributed by atoms with van der Waals surface area (Å²) in [6.45, 7) is 11.2. The van der Waals surface area contributed by atoms with E-state index in [1.807, 2.05) is 0 Å². The lowest BCUT2D eigenvalue weighted by Gasteiger charge is -2.59. The van der Waals surface area contributed by atoms with Gasteiger partial charge in [0.15, 0.2) is 0 Å². The summed E-state index contributed by atoms with van der Waals surface area (Å²) in [5, 5.41) is 20.4. The van der Waals surface area contributed by atoms with E-state index in [4.69, 9.17) is 4.74 Å². The molecule has 0 amide bonds. The van der Waals surface area contributed by atoms with Gasteiger partial charge in [-0.25, -0.2) is 4.79 Å². The maximum atomic E-state index is 11.3. The highest BCUT2D eigenvalue weighted by Gasteiger charge is 2.54. The summed E-state index contributed by atoms with van der Waals surface area (Å²) >= 11 is 0. The van der Waals surface area contributed by atoms with Gasteiger partial charge in [-0.3, -0.25) is 0 Å². The molecule has 0 saturated heterocycles. The Morgan fingerprint density at radius 3 is 2.62 bits per heavy atom. The number of aliphatic hydroxyl groups excluding tert-OH is 2. The zero-order valence-corrected chi connectivity index (χ0v) is 15.0. The lowest BCUT2D eigenvalue weighted by molar-refractivity contribution is -0.151. The average molecular weight is 334 g/mol. The van der Waals surface area contributed by atoms with Crippen molar-refractivity contribution in [2.24, 2.45) is 22.7 Å². The largest absolute Gasteiger partial charge is 0.429 e. The van der Waals surface area contributed by atoms with Crippen LogP contribution in [0.2, 0.25) is 0 Å². The van der Waals surface area contributed by atoms with Gasteiger partial charge in [0.05, 0.1) is 6.10 Å². The monoisotopic (exact) mass is 334 g/mol. The first-order chi connectivity index (χ1) is 11.1. The van der Waals surface area contributed by atoms with Crippen molar-refractivity contribution < 1.29 is 19.7 Å². The third-order valence-corrected chi connectivity index (χ3v) is 6.98. The molecule has 4 nitrogen and oxygen atoms in total. The van der Waals surface area contributed by atoms with Crippen LogP contribution >= 0.6 is 0 Å². The fourth-order valence-corrected chi connectivity index (χ4v) is 5.67. The van der Waals surface area contributed by atoms with E-state index in [9.17, 15) is 15.0 Å². The van der Waals surface area contributed by atoms with Gasteiger partial charge >= 0.3 is 5.97 Å². The Kier molecular flexibility index (Phi) is 4.42. The van der Waals surface area contributed by atoms with Crippen molar-refractivity contribution in [3.8, 4) is 0 Å². The highest BCUT2D eigenvalue weighted by molar-refractivity contribution is 5.85. The number of ether oxygens (including phenoxy) is 1. The van der Waals surface area contributed by atoms with Crippen LogP contribution in [0.3, 0.4) is 0 Å². The molecule has 2 saturated carbocycles. The quantitative estimate of drug-likeness (QED) is 0.614. The summed E-state index contributed by atoms with van der Waals surface area (Å²) in [6.07, 6.45) is 5.58. The van der Waals surface area contributed by atoms with Crippen LogP contribution in [0.1, 0.15) is 59.3 Å². The zero-order valence-electron chi connectivity index (χ0n) is 15.0. The maximum Gasteiger partial charge on any atom is 0.333 e. The third-order valence-electron chi connectivity index (χ3n) is 6.98. The molecule has 134 valence electrons. The molecule has 2 fully saturated rings. The van der Waals surface area contributed by atoms with Crippen molar-refractivity contribution in [3.63, 3.8) is 0 Å². The zero-order chi connectivity index (χ0) is 17.7. The molecule has 5 atom stereocenters. The minimum absolute atomic E-state index is 0.118. The molecule has 0 spiro atoms. The summed E-state index contributed by atoms with van der Waals surface area (Å²) in [4.78, 5) is 11.3. The summed E-state index contributed by atoms with van der Waals surface area (Å²) in [5.74, 6) is 0.196. The van der Waals surface area contributed by atoms with Crippen LogP contribution in [0.5, 0.6) is 0 Å². The van der Waals surface area contributed by atoms with Crippen LogP contribution in [-0.2, 0) is 9.53 Å². The van der Waals surface area contributed by atoms with Crippen molar-refractivity contribution in [1.82, 2.24) is 0 Å². The van der Waals surface area contributed by atoms with E-state index in [1.54, 1.807) is 0 Å². The number of hydrogen-bond acceptors (Lipinski definition) is 4. The minimum Gasteiger partial charge on any atom is -0.429 e. The molecule has 2 aliphatic carbocycles. The first kappa shape index (κ1) is 17.7. The second-order valence-electron chi connectivity index (χ2n) is 8.83. The minimum atomic E-state index is -1.11. The Bertz CT molecular complexity index is 576. The van der Waals surface area contributed by atoms with Crippen molar-refractivity contribution in [2.45, 2.75) is 71.7 Å². The number of rotatable bonds is 3. The second kappa shape index (κ2) is 5.99. The molecule has 0 aromatic carbocycles. The molecule has 0 radical (unpaired) electrons. The van der Waals surface area contributed by atoms with Crippen molar-refractivity contribution in [1.29, 1.82) is 0 Å². The molecule has 3 rings (SSSR count). The van der Waals surface area contributed by atoms with E-state index in [2.05, 4.69) is 27.4 Å². The predicted molar refractivity (Wildman–Crippen MR) is 91.9 cm³/mol. The number of aliphatic hydroxyl groups is 2. The van der Waals surface area contributed by atoms with Crippen LogP contribution in [-0.4, -0.2) is 28.6 Å². The van der Waals surface area contributed by atoms with Crippen LogP contribution in [0.4, 0.5) is 0 Å². The van der Waals surface area contributed by atoms with E-state index in [0.29, 0.717) is 17.9 Å². The lowest BCUT2D eigenvalue weighted by Crippen LogP contribution is -2.52. The first-order valence-corrected chi connectivity index (χ1v) is 9.11. The highest BCUT2D eigenvalue weighted by Crippen LogP contribution is 2.61. The van der Waals surface area contributed by atoms with E-state index in [1.165, 1.54) is 18.9 Å². The smallest absolute Gasteiger partial charge is 0.333 e. The van der Waals surface area contributed by atoms with Crippen LogP contribution in [0.15, 0.2) is 23.8 Å². The number of carbonyl (C=O) groups excluding carboxylic acids is 1. The van der Waals surface area contributed by atoms with Gasteiger partial charge in [0.25, 0.3) is 0 Å². The van der Waals surface area contributed by atoms with Gasteiger partial charge in [-0.1, -0.05) is 33.8 Å². The Morgan fingerprint density at radius 1 is 1.29 bits per heavy atom. The molecule has 2 N–H and O–H groups in total. The number of fused-ring (bicyclic) bond motifs is 1. The SMILES string of the molecule is C=C1[C@H](O)C[C@H]2C(C)(C)CCC[C@]2(C)[C@H]1CCC1=CC(=O)OC1O. The van der Waals surface area contributed by atoms with Crippen LogP contribution < -0.4 is 0 Å². The summed E-state index contributed by atoms with van der Waals surface area (Å²) in [6, 6.07) is 0. The molecule has 1 unspecified atom stereocenters. The molecular formula is C20H30O4. The van der Waals surface area contributed by atoms with E-state index < -0.39 is 18.4 Å². The molecule has 0 aromatic heterocycles. The van der Waals surface area contributed by atoms with Gasteiger partial charge in [0.2, 0.25) is 6.29 Å². The second-order valence-corrected chi connectivity index (χ2v) is 8.83. The van der Waals surface area contributed by atoms with Crippen LogP contribution in [0.25, 0.3) is 0 Å². The Hall–Kier alpha value is -1.13. The number of carbonyl (C=O) groups is 1. The van der Waals surface area contributed by atoms with Crippen molar-refractivity contribution in [3.05, 3.63) is 23.8 Å². The van der Waals surface area contributed by atoms with Crippen LogP contribution in [0, 0.1) is 22.7 Å². The van der Waals surface area contributed by atoms with Crippen molar-refractivity contribution in [2.75, 3.05) is 0 Å². The van der Waals surface area contributed by atoms with E-state index in [0.717, 1.165) is 24.8 Å². The Labute approximate surface area is 144 Å². The molecule has 0 aromatic rings. The number of esters is 1. The molecule has 1 heterocycles. The Balaban J connectivity index is 1.82. The Morgan fingerprint density at radius 2 is 2.00 bits per heavy atom. The number of cyclic esters (lactones) is 1. The predicted octanol–water partition coefficient (Wildman–Crippen LogP) is 3.34. The fourth-order valence-electron chi connectivity index (χ4n) is 5.67. The molecular weight excluding hydrogens is 304 g/mol. The van der Waals surface area contributed by atoms with E-state index in [-0.39, 0.29) is 16.7 Å². The van der Waals surface area contributed by atoms with Gasteiger partial charge in [0.1, 0.15) is 0 Å². The van der Waals surface area contributed by atoms with E-state index >= 15 is 0 Å². The molecule has 4 heteroatoms. The average Bonchev–Trinajstić information content (AvgIpc) is 2.79. The molecule has 24 heavy (non-hydrogen) atoms. The van der Waals surface area contributed by atoms with Gasteiger partial charge in [-0.05, 0) is 60.3 Å². The standard InChI is InChI=1S/C20H30O4/c1-12-14(7-6-13-10-17(22)24-18(13)23)20(4)9-5-8-19(2,3)16(20)11-15(12)21/h10,14-16,18,21,23H,1,5-9,11H2,2-4H3/t14-,15+,16-,18?,20+/m0/s1. The highest BCUT2D eigenvalue weighted by atomic mass is 16.6. The molecule has 0 bridgehead atoms. The molecule has 1 aliphatic heterocycles. The lowest BCUT2D eigenvalue weighted by atomic mass is 9.46. The summed E-state index contributed by atoms with van der Waals surface area (Å²) < 4.78 is 4.78. The summed E-state index contributed by atoms with van der Waals surface area (Å²) in [7, 11) is 0. The fraction of sp³-hybridized carbons (Fsp3) is 0.750. The van der Waals surface area contributed by atoms with Gasteiger partial charge in [0, 0.05) is 11.6 Å². The van der Waals surface area contributed by atoms with Gasteiger partial charge < -0.3 is 14.9 Å². The normalized spacial score (nSPS) is 41.6.